The number of carboxylic acids is 2. The van der Waals surface area contributed by atoms with Gasteiger partial charge in [0.25, 0.3) is 0 Å². The summed E-state index contributed by atoms with van der Waals surface area (Å²) >= 11 is 0. The highest BCUT2D eigenvalue weighted by molar-refractivity contribution is 5.96. The molecule has 0 aromatic rings. The quantitative estimate of drug-likeness (QED) is 0.126. The first kappa shape index (κ1) is 28.3. The Morgan fingerprint density at radius 2 is 1.56 bits per heavy atom. The minimum absolute atomic E-state index is 0.131. The maximum absolute atomic E-state index is 12.8. The molecule has 1 rings (SSSR count). The van der Waals surface area contributed by atoms with Crippen LogP contribution in [0.2, 0.25) is 0 Å². The number of carbonyl (C=O) groups excluding carboxylic acids is 5. The molecule has 1 aliphatic rings. The third-order valence-corrected chi connectivity index (χ3v) is 5.16. The molecule has 4 atom stereocenters. The molecule has 34 heavy (non-hydrogen) atoms. The summed E-state index contributed by atoms with van der Waals surface area (Å²) in [5, 5.41) is 22.4. The molecule has 0 spiro atoms. The van der Waals surface area contributed by atoms with E-state index in [0.29, 0.717) is 6.42 Å². The number of rotatable bonds is 14. The van der Waals surface area contributed by atoms with Gasteiger partial charge in [0.05, 0.1) is 12.5 Å². The van der Waals surface area contributed by atoms with Gasteiger partial charge in [0.2, 0.25) is 29.5 Å². The third kappa shape index (κ3) is 9.01. The van der Waals surface area contributed by atoms with E-state index in [1.165, 1.54) is 4.90 Å². The summed E-state index contributed by atoms with van der Waals surface area (Å²) < 4.78 is 0. The number of nitrogens with two attached hydrogens (primary N) is 3. The molecule has 15 heteroatoms. The number of carboxylic acid groups (broad SMARTS) is 2. The lowest BCUT2D eigenvalue weighted by molar-refractivity contribution is -0.144. The van der Waals surface area contributed by atoms with E-state index in [2.05, 4.69) is 10.6 Å². The first-order chi connectivity index (χ1) is 15.8. The van der Waals surface area contributed by atoms with Crippen molar-refractivity contribution in [2.24, 2.45) is 17.2 Å². The fourth-order valence-corrected chi connectivity index (χ4v) is 3.41. The van der Waals surface area contributed by atoms with Crippen LogP contribution in [0.5, 0.6) is 0 Å². The van der Waals surface area contributed by atoms with Crippen LogP contribution in [0, 0.1) is 0 Å². The number of nitrogens with zero attached hydrogens (tertiary/aromatic N) is 1. The maximum Gasteiger partial charge on any atom is 0.326 e. The minimum atomic E-state index is -1.54. The van der Waals surface area contributed by atoms with Gasteiger partial charge < -0.3 is 42.9 Å². The first-order valence-electron chi connectivity index (χ1n) is 10.5. The molecule has 5 amide bonds. The SMILES string of the molecule is NC(=O)CCC(NC(=O)C(CC(N)=O)NC(=O)C1CCCN1C(=O)C(N)CCC(=O)O)C(=O)O. The van der Waals surface area contributed by atoms with Gasteiger partial charge in [0, 0.05) is 19.4 Å². The Kier molecular flexibility index (Phi) is 10.9. The Bertz CT molecular complexity index is 833. The predicted octanol–water partition coefficient (Wildman–Crippen LogP) is -3.64. The van der Waals surface area contributed by atoms with E-state index in [1.54, 1.807) is 0 Å². The van der Waals surface area contributed by atoms with Gasteiger partial charge in [-0.25, -0.2) is 4.79 Å². The zero-order valence-electron chi connectivity index (χ0n) is 18.4. The maximum atomic E-state index is 12.8. The van der Waals surface area contributed by atoms with E-state index < -0.39 is 72.1 Å². The number of amides is 5. The van der Waals surface area contributed by atoms with Crippen molar-refractivity contribution in [1.29, 1.82) is 0 Å². The van der Waals surface area contributed by atoms with Crippen LogP contribution in [0.1, 0.15) is 44.9 Å². The molecule has 1 saturated heterocycles. The van der Waals surface area contributed by atoms with Gasteiger partial charge in [-0.05, 0) is 25.7 Å². The zero-order chi connectivity index (χ0) is 26.0. The van der Waals surface area contributed by atoms with Gasteiger partial charge in [0.1, 0.15) is 18.1 Å². The van der Waals surface area contributed by atoms with Crippen molar-refractivity contribution in [2.45, 2.75) is 69.1 Å². The standard InChI is InChI=1S/C19H30N6O9/c20-9(3-6-15(28)29)18(32)25-7-1-2-12(25)17(31)24-11(8-14(22)27)16(30)23-10(19(33)34)4-5-13(21)26/h9-12H,1-8,20H2,(H2,21,26)(H2,22,27)(H,23,30)(H,24,31)(H,28,29)(H,33,34). The summed E-state index contributed by atoms with van der Waals surface area (Å²) in [6, 6.07) is -5.23. The molecule has 10 N–H and O–H groups in total. The molecule has 0 saturated carbocycles. The molecule has 0 aromatic heterocycles. The van der Waals surface area contributed by atoms with E-state index >= 15 is 0 Å². The van der Waals surface area contributed by atoms with Crippen LogP contribution in [-0.2, 0) is 33.6 Å². The van der Waals surface area contributed by atoms with Crippen molar-refractivity contribution < 1.29 is 43.8 Å². The number of carbonyl (C=O) groups is 7. The number of likely N-dealkylation sites (tertiary alicyclic amines) is 1. The highest BCUT2D eigenvalue weighted by atomic mass is 16.4. The predicted molar refractivity (Wildman–Crippen MR) is 113 cm³/mol. The molecule has 0 radical (unpaired) electrons. The van der Waals surface area contributed by atoms with Crippen LogP contribution in [0.15, 0.2) is 0 Å². The molecular formula is C19H30N6O9. The number of hydrogen-bond donors (Lipinski definition) is 7. The molecule has 190 valence electrons. The van der Waals surface area contributed by atoms with Crippen molar-refractivity contribution in [3.63, 3.8) is 0 Å². The van der Waals surface area contributed by atoms with Gasteiger partial charge in [0.15, 0.2) is 0 Å². The monoisotopic (exact) mass is 486 g/mol. The van der Waals surface area contributed by atoms with Crippen LogP contribution < -0.4 is 27.8 Å². The molecular weight excluding hydrogens is 456 g/mol. The van der Waals surface area contributed by atoms with E-state index in [-0.39, 0.29) is 38.6 Å². The summed E-state index contributed by atoms with van der Waals surface area (Å²) in [6.07, 6.45) is -1.09. The van der Waals surface area contributed by atoms with Gasteiger partial charge in [-0.1, -0.05) is 0 Å². The molecule has 0 aliphatic carbocycles. The second-order valence-corrected chi connectivity index (χ2v) is 7.86. The van der Waals surface area contributed by atoms with Gasteiger partial charge in [-0.3, -0.25) is 28.8 Å². The lowest BCUT2D eigenvalue weighted by atomic mass is 10.1. The first-order valence-corrected chi connectivity index (χ1v) is 10.5. The second-order valence-electron chi connectivity index (χ2n) is 7.86. The number of hydrogen-bond acceptors (Lipinski definition) is 8. The molecule has 1 fully saturated rings. The molecule has 15 nitrogen and oxygen atoms in total. The largest absolute Gasteiger partial charge is 0.481 e. The number of primary amides is 2. The average molecular weight is 486 g/mol. The number of nitrogens with one attached hydrogen (secondary N) is 2. The Hall–Kier alpha value is -3.75. The highest BCUT2D eigenvalue weighted by Crippen LogP contribution is 2.19. The van der Waals surface area contributed by atoms with E-state index in [1.807, 2.05) is 0 Å². The summed E-state index contributed by atoms with van der Waals surface area (Å²) in [6.45, 7) is 0.179. The van der Waals surface area contributed by atoms with Crippen LogP contribution in [0.4, 0.5) is 0 Å². The second kappa shape index (κ2) is 13.1. The lowest BCUT2D eigenvalue weighted by Crippen LogP contribution is -2.57. The Morgan fingerprint density at radius 1 is 0.912 bits per heavy atom. The van der Waals surface area contributed by atoms with Gasteiger partial charge in [-0.15, -0.1) is 0 Å². The minimum Gasteiger partial charge on any atom is -0.481 e. The van der Waals surface area contributed by atoms with E-state index in [0.717, 1.165) is 0 Å². The molecule has 0 bridgehead atoms. The Balaban J connectivity index is 2.90. The summed E-state index contributed by atoms with van der Waals surface area (Å²) in [5.74, 6) is -6.78. The van der Waals surface area contributed by atoms with Crippen molar-refractivity contribution in [3.05, 3.63) is 0 Å². The van der Waals surface area contributed by atoms with Crippen molar-refractivity contribution in [3.8, 4) is 0 Å². The molecule has 1 aliphatic heterocycles. The fraction of sp³-hybridized carbons (Fsp3) is 0.632. The van der Waals surface area contributed by atoms with Crippen LogP contribution in [-0.4, -0.2) is 87.3 Å². The molecule has 4 unspecified atom stereocenters. The third-order valence-electron chi connectivity index (χ3n) is 5.16. The summed E-state index contributed by atoms with van der Waals surface area (Å²) in [4.78, 5) is 83.6. The Labute approximate surface area is 194 Å². The Morgan fingerprint density at radius 3 is 2.09 bits per heavy atom. The smallest absolute Gasteiger partial charge is 0.326 e. The van der Waals surface area contributed by atoms with Crippen LogP contribution in [0.25, 0.3) is 0 Å². The van der Waals surface area contributed by atoms with E-state index in [4.69, 9.17) is 22.3 Å². The van der Waals surface area contributed by atoms with Gasteiger partial charge >= 0.3 is 11.9 Å². The molecule has 0 aromatic carbocycles. The van der Waals surface area contributed by atoms with Crippen molar-refractivity contribution >= 4 is 41.5 Å². The molecule has 1 heterocycles. The van der Waals surface area contributed by atoms with Crippen molar-refractivity contribution in [1.82, 2.24) is 15.5 Å². The normalized spacial score (nSPS) is 17.8. The van der Waals surface area contributed by atoms with Crippen LogP contribution in [0.3, 0.4) is 0 Å². The van der Waals surface area contributed by atoms with Crippen molar-refractivity contribution in [2.75, 3.05) is 6.54 Å². The average Bonchev–Trinajstić information content (AvgIpc) is 3.22. The highest BCUT2D eigenvalue weighted by Gasteiger charge is 2.38. The summed E-state index contributed by atoms with van der Waals surface area (Å²) in [7, 11) is 0. The zero-order valence-corrected chi connectivity index (χ0v) is 18.4. The van der Waals surface area contributed by atoms with Gasteiger partial charge in [-0.2, -0.15) is 0 Å². The van der Waals surface area contributed by atoms with Crippen LogP contribution >= 0.6 is 0 Å². The fourth-order valence-electron chi connectivity index (χ4n) is 3.41. The summed E-state index contributed by atoms with van der Waals surface area (Å²) in [5.41, 5.74) is 15.9. The topological polar surface area (TPSA) is 265 Å². The number of aliphatic carboxylic acids is 2. The lowest BCUT2D eigenvalue weighted by Gasteiger charge is -2.28. The van der Waals surface area contributed by atoms with E-state index in [9.17, 15) is 38.7 Å².